The molecule has 1 fully saturated rings. The number of ether oxygens (including phenoxy) is 1. The van der Waals surface area contributed by atoms with Crippen molar-refractivity contribution in [1.29, 1.82) is 0 Å². The van der Waals surface area contributed by atoms with Crippen molar-refractivity contribution in [2.24, 2.45) is 7.05 Å². The van der Waals surface area contributed by atoms with Crippen LogP contribution in [0, 0.1) is 0 Å². The van der Waals surface area contributed by atoms with E-state index < -0.39 is 0 Å². The van der Waals surface area contributed by atoms with Crippen molar-refractivity contribution in [3.05, 3.63) is 82.2 Å². The molecule has 8 nitrogen and oxygen atoms in total. The normalized spacial score (nSPS) is 18.7. The third kappa shape index (κ3) is 5.21. The molecule has 2 aliphatic rings. The van der Waals surface area contributed by atoms with Crippen LogP contribution in [0.3, 0.4) is 0 Å². The molecule has 1 saturated heterocycles. The number of nitrogens with zero attached hydrogens (tertiary/aromatic N) is 5. The topological polar surface area (TPSA) is 75.5 Å². The molecule has 2 unspecified atom stereocenters. The van der Waals surface area contributed by atoms with E-state index in [0.29, 0.717) is 18.1 Å². The number of halogens is 1. The Balaban J connectivity index is 1.55. The number of aryl methyl sites for hydroxylation is 1. The standard InChI is InChI=1S/C29H35ClN6O2/c1-29(2,3)33-28(37)36-13-11-35(12-14-36)26-21-9-8-20(30)16-22(21)23(15-19-7-6-10-32-25(19)26)27(38-5)24-17-31-18-34(24)4/h6-10,15-18,26-27H,11-14H2,1-5H3,(H,33,37). The summed E-state index contributed by atoms with van der Waals surface area (Å²) >= 11 is 6.58. The molecule has 38 heavy (non-hydrogen) atoms. The molecule has 9 heteroatoms. The van der Waals surface area contributed by atoms with Crippen molar-refractivity contribution in [3.8, 4) is 0 Å². The fourth-order valence-corrected chi connectivity index (χ4v) is 5.56. The van der Waals surface area contributed by atoms with E-state index in [0.717, 1.165) is 46.7 Å². The molecular weight excluding hydrogens is 500 g/mol. The second-order valence-electron chi connectivity index (χ2n) is 11.0. The van der Waals surface area contributed by atoms with Gasteiger partial charge in [-0.25, -0.2) is 9.78 Å². The summed E-state index contributed by atoms with van der Waals surface area (Å²) in [6, 6.07) is 10.0. The lowest BCUT2D eigenvalue weighted by Crippen LogP contribution is -2.55. The van der Waals surface area contributed by atoms with Crippen molar-refractivity contribution in [3.63, 3.8) is 0 Å². The van der Waals surface area contributed by atoms with Gasteiger partial charge in [-0.1, -0.05) is 23.7 Å². The average Bonchev–Trinajstić information content (AvgIpc) is 3.24. The summed E-state index contributed by atoms with van der Waals surface area (Å²) in [6.45, 7) is 8.73. The van der Waals surface area contributed by atoms with Gasteiger partial charge in [0.1, 0.15) is 6.10 Å². The highest BCUT2D eigenvalue weighted by atomic mass is 35.5. The van der Waals surface area contributed by atoms with E-state index in [1.807, 2.05) is 67.9 Å². The highest BCUT2D eigenvalue weighted by molar-refractivity contribution is 6.30. The van der Waals surface area contributed by atoms with E-state index in [9.17, 15) is 4.79 Å². The molecule has 1 aliphatic carbocycles. The minimum Gasteiger partial charge on any atom is -0.370 e. The number of urea groups is 1. The van der Waals surface area contributed by atoms with Gasteiger partial charge in [0.05, 0.1) is 30.0 Å². The minimum absolute atomic E-state index is 0.0215. The van der Waals surface area contributed by atoms with Crippen LogP contribution in [0.1, 0.15) is 61.0 Å². The van der Waals surface area contributed by atoms with Crippen molar-refractivity contribution >= 4 is 29.3 Å². The SMILES string of the molecule is COC(C1=Cc2cccnc2C(N2CCN(C(=O)NC(C)(C)C)CC2)c2ccc(Cl)cc21)c1cncn1C. The summed E-state index contributed by atoms with van der Waals surface area (Å²) < 4.78 is 8.07. The fraction of sp³-hybridized carbons (Fsp3) is 0.414. The summed E-state index contributed by atoms with van der Waals surface area (Å²) in [5.74, 6) is 0. The Labute approximate surface area is 229 Å². The summed E-state index contributed by atoms with van der Waals surface area (Å²) in [4.78, 5) is 26.4. The van der Waals surface area contributed by atoms with Crippen molar-refractivity contribution in [2.45, 2.75) is 38.5 Å². The van der Waals surface area contributed by atoms with Crippen LogP contribution in [0.15, 0.2) is 49.1 Å². The predicted octanol–water partition coefficient (Wildman–Crippen LogP) is 4.93. The number of carbonyl (C=O) groups is 1. The first-order valence-corrected chi connectivity index (χ1v) is 13.3. The maximum atomic E-state index is 12.8. The monoisotopic (exact) mass is 534 g/mol. The van der Waals surface area contributed by atoms with Crippen LogP contribution in [-0.4, -0.2) is 69.2 Å². The predicted molar refractivity (Wildman–Crippen MR) is 150 cm³/mol. The van der Waals surface area contributed by atoms with Gasteiger partial charge in [-0.05, 0) is 67.3 Å². The van der Waals surface area contributed by atoms with Gasteiger partial charge in [0.15, 0.2) is 0 Å². The first-order valence-electron chi connectivity index (χ1n) is 12.9. The first kappa shape index (κ1) is 26.4. The maximum absolute atomic E-state index is 12.8. The van der Waals surface area contributed by atoms with Gasteiger partial charge in [-0.3, -0.25) is 9.88 Å². The number of hydrogen-bond acceptors (Lipinski definition) is 5. The quantitative estimate of drug-likeness (QED) is 0.514. The van der Waals surface area contributed by atoms with Crippen molar-refractivity contribution in [2.75, 3.05) is 33.3 Å². The van der Waals surface area contributed by atoms with Gasteiger partial charge in [-0.15, -0.1) is 0 Å². The molecular formula is C29H35ClN6O2. The van der Waals surface area contributed by atoms with E-state index in [4.69, 9.17) is 21.3 Å². The molecule has 2 aromatic heterocycles. The van der Waals surface area contributed by atoms with Gasteiger partial charge < -0.3 is 19.5 Å². The van der Waals surface area contributed by atoms with Crippen LogP contribution in [0.2, 0.25) is 5.02 Å². The zero-order valence-electron chi connectivity index (χ0n) is 22.6. The number of amides is 2. The highest BCUT2D eigenvalue weighted by Gasteiger charge is 2.36. The molecule has 3 aromatic rings. The van der Waals surface area contributed by atoms with Crippen molar-refractivity contribution < 1.29 is 9.53 Å². The lowest BCUT2D eigenvalue weighted by atomic mass is 9.91. The zero-order chi connectivity index (χ0) is 27.0. The number of methoxy groups -OCH3 is 1. The van der Waals surface area contributed by atoms with E-state index in [-0.39, 0.29) is 23.7 Å². The third-order valence-corrected chi connectivity index (χ3v) is 7.39. The minimum atomic E-state index is -0.343. The van der Waals surface area contributed by atoms with Crippen LogP contribution >= 0.6 is 11.6 Å². The third-order valence-electron chi connectivity index (χ3n) is 7.15. The number of piperazine rings is 1. The van der Waals surface area contributed by atoms with E-state index in [1.54, 1.807) is 13.4 Å². The number of pyridine rings is 1. The Morgan fingerprint density at radius 2 is 1.95 bits per heavy atom. The first-order chi connectivity index (χ1) is 18.2. The van der Waals surface area contributed by atoms with E-state index in [1.165, 1.54) is 0 Å². The molecule has 0 radical (unpaired) electrons. The smallest absolute Gasteiger partial charge is 0.317 e. The van der Waals surface area contributed by atoms with Crippen LogP contribution < -0.4 is 5.32 Å². The largest absolute Gasteiger partial charge is 0.370 e. The molecule has 1 aliphatic heterocycles. The van der Waals surface area contributed by atoms with Crippen LogP contribution in [0.25, 0.3) is 11.6 Å². The van der Waals surface area contributed by atoms with Gasteiger partial charge in [0.25, 0.3) is 0 Å². The molecule has 0 spiro atoms. The second kappa shape index (κ2) is 10.5. The Morgan fingerprint density at radius 3 is 2.61 bits per heavy atom. The molecule has 200 valence electrons. The summed E-state index contributed by atoms with van der Waals surface area (Å²) in [5.41, 5.74) is 5.86. The van der Waals surface area contributed by atoms with Gasteiger partial charge in [0, 0.05) is 57.1 Å². The summed E-state index contributed by atoms with van der Waals surface area (Å²) in [7, 11) is 3.69. The van der Waals surface area contributed by atoms with Crippen LogP contribution in [0.5, 0.6) is 0 Å². The molecule has 1 N–H and O–H groups in total. The van der Waals surface area contributed by atoms with Gasteiger partial charge in [0.2, 0.25) is 0 Å². The number of rotatable bonds is 4. The molecule has 2 atom stereocenters. The zero-order valence-corrected chi connectivity index (χ0v) is 23.4. The molecule has 1 aromatic carbocycles. The Hall–Kier alpha value is -3.20. The number of aromatic nitrogens is 3. The van der Waals surface area contributed by atoms with Crippen molar-refractivity contribution in [1.82, 2.24) is 29.7 Å². The van der Waals surface area contributed by atoms with Crippen LogP contribution in [-0.2, 0) is 11.8 Å². The lowest BCUT2D eigenvalue weighted by Gasteiger charge is -2.40. The number of nitrogens with one attached hydrogen (secondary N) is 1. The molecule has 2 amide bonds. The average molecular weight is 535 g/mol. The van der Waals surface area contributed by atoms with Gasteiger partial charge >= 0.3 is 6.03 Å². The second-order valence-corrected chi connectivity index (χ2v) is 11.4. The lowest BCUT2D eigenvalue weighted by molar-refractivity contribution is 0.115. The Bertz CT molecular complexity index is 1350. The van der Waals surface area contributed by atoms with E-state index in [2.05, 4.69) is 33.4 Å². The number of imidazole rings is 1. The Kier molecular flexibility index (Phi) is 7.31. The highest BCUT2D eigenvalue weighted by Crippen LogP contribution is 2.45. The Morgan fingerprint density at radius 1 is 1.18 bits per heavy atom. The number of hydrogen-bond donors (Lipinski definition) is 1. The fourth-order valence-electron chi connectivity index (χ4n) is 5.39. The number of benzene rings is 1. The summed E-state index contributed by atoms with van der Waals surface area (Å²) in [6.07, 6.45) is 7.30. The van der Waals surface area contributed by atoms with E-state index >= 15 is 0 Å². The number of fused-ring (bicyclic) bond motifs is 2. The molecule has 0 bridgehead atoms. The van der Waals surface area contributed by atoms with Gasteiger partial charge in [-0.2, -0.15) is 0 Å². The maximum Gasteiger partial charge on any atom is 0.317 e. The number of carbonyl (C=O) groups excluding carboxylic acids is 1. The molecule has 5 rings (SSSR count). The molecule has 3 heterocycles. The van der Waals surface area contributed by atoms with Crippen LogP contribution in [0.4, 0.5) is 4.79 Å². The molecule has 0 saturated carbocycles. The summed E-state index contributed by atoms with van der Waals surface area (Å²) in [5, 5.41) is 3.75.